The smallest absolute Gasteiger partial charge is 0.191 e. The van der Waals surface area contributed by atoms with Crippen LogP contribution in [0.15, 0.2) is 41.7 Å². The summed E-state index contributed by atoms with van der Waals surface area (Å²) in [5.41, 5.74) is 1.04. The zero-order valence-corrected chi connectivity index (χ0v) is 18.4. The molecule has 30 heavy (non-hydrogen) atoms. The van der Waals surface area contributed by atoms with E-state index in [1.165, 1.54) is 0 Å². The first-order valence-corrected chi connectivity index (χ1v) is 11.0. The Morgan fingerprint density at radius 1 is 1.17 bits per heavy atom. The van der Waals surface area contributed by atoms with Gasteiger partial charge >= 0.3 is 0 Å². The molecule has 0 amide bonds. The van der Waals surface area contributed by atoms with Crippen molar-refractivity contribution in [2.45, 2.75) is 39.8 Å². The molecule has 0 saturated carbocycles. The van der Waals surface area contributed by atoms with Crippen molar-refractivity contribution in [1.82, 2.24) is 30.3 Å². The van der Waals surface area contributed by atoms with Gasteiger partial charge in [-0.25, -0.2) is 4.99 Å². The van der Waals surface area contributed by atoms with Crippen molar-refractivity contribution in [2.24, 2.45) is 10.9 Å². The summed E-state index contributed by atoms with van der Waals surface area (Å²) < 4.78 is 7.51. The van der Waals surface area contributed by atoms with Crippen molar-refractivity contribution in [3.8, 4) is 5.69 Å². The van der Waals surface area contributed by atoms with Crippen molar-refractivity contribution < 1.29 is 4.74 Å². The molecular weight excluding hydrogens is 378 g/mol. The summed E-state index contributed by atoms with van der Waals surface area (Å²) in [4.78, 5) is 7.30. The first-order chi connectivity index (χ1) is 14.7. The number of nitrogens with zero attached hydrogens (tertiary/aromatic N) is 5. The van der Waals surface area contributed by atoms with Gasteiger partial charge in [0.05, 0.1) is 13.2 Å². The van der Waals surface area contributed by atoms with Crippen molar-refractivity contribution in [2.75, 3.05) is 39.4 Å². The van der Waals surface area contributed by atoms with Crippen LogP contribution < -0.4 is 10.6 Å². The number of hydrogen-bond acceptors (Lipinski definition) is 5. The minimum atomic E-state index is 0.455. The Labute approximate surface area is 179 Å². The zero-order valence-electron chi connectivity index (χ0n) is 18.4. The van der Waals surface area contributed by atoms with E-state index < -0.39 is 0 Å². The minimum absolute atomic E-state index is 0.455. The van der Waals surface area contributed by atoms with Gasteiger partial charge in [0.15, 0.2) is 11.8 Å². The molecule has 0 spiro atoms. The van der Waals surface area contributed by atoms with Crippen LogP contribution in [0.2, 0.25) is 0 Å². The van der Waals surface area contributed by atoms with E-state index >= 15 is 0 Å². The molecule has 2 N–H and O–H groups in total. The van der Waals surface area contributed by atoms with E-state index in [1.54, 1.807) is 6.33 Å². The second-order valence-corrected chi connectivity index (χ2v) is 7.96. The number of rotatable bonds is 9. The number of benzene rings is 1. The molecule has 8 nitrogen and oxygen atoms in total. The number of guanidine groups is 1. The molecule has 3 rings (SSSR count). The average molecular weight is 414 g/mol. The lowest BCUT2D eigenvalue weighted by atomic mass is 10.0. The van der Waals surface area contributed by atoms with Gasteiger partial charge in [-0.1, -0.05) is 32.0 Å². The van der Waals surface area contributed by atoms with Crippen molar-refractivity contribution in [3.63, 3.8) is 0 Å². The summed E-state index contributed by atoms with van der Waals surface area (Å²) in [5, 5.41) is 15.2. The summed E-state index contributed by atoms with van der Waals surface area (Å²) >= 11 is 0. The second-order valence-electron chi connectivity index (χ2n) is 7.96. The third-order valence-electron chi connectivity index (χ3n) is 5.19. The third kappa shape index (κ3) is 6.53. The molecule has 1 aliphatic rings. The van der Waals surface area contributed by atoms with Gasteiger partial charge in [-0.2, -0.15) is 0 Å². The van der Waals surface area contributed by atoms with E-state index in [0.717, 1.165) is 63.3 Å². The lowest BCUT2D eigenvalue weighted by Crippen LogP contribution is -2.51. The summed E-state index contributed by atoms with van der Waals surface area (Å²) in [5.74, 6) is 2.26. The van der Waals surface area contributed by atoms with Gasteiger partial charge in [0.25, 0.3) is 0 Å². The van der Waals surface area contributed by atoms with Gasteiger partial charge in [0.1, 0.15) is 12.9 Å². The summed E-state index contributed by atoms with van der Waals surface area (Å²) in [6, 6.07) is 10.6. The van der Waals surface area contributed by atoms with Crippen molar-refractivity contribution in [1.29, 1.82) is 0 Å². The predicted molar refractivity (Wildman–Crippen MR) is 120 cm³/mol. The monoisotopic (exact) mass is 413 g/mol. The Balaban J connectivity index is 1.65. The topological polar surface area (TPSA) is 79.6 Å². The highest BCUT2D eigenvalue weighted by Gasteiger charge is 2.22. The fourth-order valence-corrected chi connectivity index (χ4v) is 3.73. The van der Waals surface area contributed by atoms with Crippen LogP contribution in [0.4, 0.5) is 0 Å². The molecule has 1 aromatic carbocycles. The van der Waals surface area contributed by atoms with Gasteiger partial charge in [-0.05, 0) is 31.4 Å². The summed E-state index contributed by atoms with van der Waals surface area (Å²) in [7, 11) is 0. The van der Waals surface area contributed by atoms with Gasteiger partial charge in [-0.3, -0.25) is 9.47 Å². The Bertz CT molecular complexity index is 769. The standard InChI is InChI=1S/C22H35N7O/c1-4-23-22(24-15-20(14-18(2)3)28-10-12-30-13-11-28)25-16-21-27-26-17-29(21)19-8-6-5-7-9-19/h5-9,17-18,20H,4,10-16H2,1-3H3,(H2,23,24,25). The van der Waals surface area contributed by atoms with Crippen LogP contribution in [-0.2, 0) is 11.3 Å². The highest BCUT2D eigenvalue weighted by Crippen LogP contribution is 2.13. The van der Waals surface area contributed by atoms with Gasteiger partial charge in [-0.15, -0.1) is 10.2 Å². The number of hydrogen-bond donors (Lipinski definition) is 2. The van der Waals surface area contributed by atoms with Crippen LogP contribution in [0.25, 0.3) is 5.69 Å². The largest absolute Gasteiger partial charge is 0.379 e. The lowest BCUT2D eigenvalue weighted by molar-refractivity contribution is 0.0132. The van der Waals surface area contributed by atoms with E-state index in [1.807, 2.05) is 34.9 Å². The minimum Gasteiger partial charge on any atom is -0.379 e. The first-order valence-electron chi connectivity index (χ1n) is 11.0. The lowest BCUT2D eigenvalue weighted by Gasteiger charge is -2.35. The maximum absolute atomic E-state index is 5.53. The fourth-order valence-electron chi connectivity index (χ4n) is 3.73. The van der Waals surface area contributed by atoms with Crippen LogP contribution >= 0.6 is 0 Å². The highest BCUT2D eigenvalue weighted by atomic mass is 16.5. The molecule has 0 radical (unpaired) electrons. The molecular formula is C22H35N7O. The molecule has 1 fully saturated rings. The van der Waals surface area contributed by atoms with E-state index in [-0.39, 0.29) is 0 Å². The molecule has 2 aromatic rings. The number of aliphatic imine (C=N–C) groups is 1. The van der Waals surface area contributed by atoms with Gasteiger partial charge < -0.3 is 15.4 Å². The summed E-state index contributed by atoms with van der Waals surface area (Å²) in [6.07, 6.45) is 2.88. The Kier molecular flexibility index (Phi) is 8.65. The molecule has 164 valence electrons. The molecule has 2 heterocycles. The van der Waals surface area contributed by atoms with Gasteiger partial charge in [0.2, 0.25) is 0 Å². The average Bonchev–Trinajstić information content (AvgIpc) is 3.24. The fraction of sp³-hybridized carbons (Fsp3) is 0.591. The van der Waals surface area contributed by atoms with Crippen molar-refractivity contribution >= 4 is 5.96 Å². The van der Waals surface area contributed by atoms with Crippen LogP contribution in [0, 0.1) is 5.92 Å². The van der Waals surface area contributed by atoms with Crippen molar-refractivity contribution in [3.05, 3.63) is 42.5 Å². The number of nitrogens with one attached hydrogen (secondary N) is 2. The SMILES string of the molecule is CCNC(=NCc1nncn1-c1ccccc1)NCC(CC(C)C)N1CCOCC1. The Morgan fingerprint density at radius 2 is 1.93 bits per heavy atom. The molecule has 0 bridgehead atoms. The number of aromatic nitrogens is 3. The molecule has 8 heteroatoms. The molecule has 1 aromatic heterocycles. The van der Waals surface area contributed by atoms with E-state index in [9.17, 15) is 0 Å². The summed E-state index contributed by atoms with van der Waals surface area (Å²) in [6.45, 7) is 12.4. The molecule has 0 aliphatic carbocycles. The number of ether oxygens (including phenoxy) is 1. The van der Waals surface area contributed by atoms with Crippen LogP contribution in [0.1, 0.15) is 33.0 Å². The maximum atomic E-state index is 5.53. The Morgan fingerprint density at radius 3 is 2.63 bits per heavy atom. The first kappa shape index (κ1) is 22.2. The predicted octanol–water partition coefficient (Wildman–Crippen LogP) is 2.07. The van der Waals surface area contributed by atoms with Gasteiger partial charge in [0, 0.05) is 37.9 Å². The van der Waals surface area contributed by atoms with Crippen LogP contribution in [0.5, 0.6) is 0 Å². The molecule has 1 atom stereocenters. The second kappa shape index (κ2) is 11.7. The maximum Gasteiger partial charge on any atom is 0.191 e. The zero-order chi connectivity index (χ0) is 21.2. The van der Waals surface area contributed by atoms with E-state index in [2.05, 4.69) is 46.5 Å². The van der Waals surface area contributed by atoms with Crippen LogP contribution in [0.3, 0.4) is 0 Å². The molecule has 1 saturated heterocycles. The van der Waals surface area contributed by atoms with Crippen LogP contribution in [-0.4, -0.2) is 71.1 Å². The number of para-hydroxylation sites is 1. The van der Waals surface area contributed by atoms with E-state index in [0.29, 0.717) is 18.5 Å². The third-order valence-corrected chi connectivity index (χ3v) is 5.19. The Hall–Kier alpha value is -2.45. The van der Waals surface area contributed by atoms with E-state index in [4.69, 9.17) is 9.73 Å². The normalized spacial score (nSPS) is 16.6. The quantitative estimate of drug-likeness (QED) is 0.484. The highest BCUT2D eigenvalue weighted by molar-refractivity contribution is 5.79. The molecule has 1 aliphatic heterocycles. The molecule has 1 unspecified atom stereocenters. The number of morpholine rings is 1.